The number of fused-ring (bicyclic) bond motifs is 1. The van der Waals surface area contributed by atoms with Gasteiger partial charge in [-0.3, -0.25) is 24.9 Å². The van der Waals surface area contributed by atoms with Gasteiger partial charge in [-0.25, -0.2) is 0 Å². The van der Waals surface area contributed by atoms with E-state index in [4.69, 9.17) is 0 Å². The van der Waals surface area contributed by atoms with Crippen molar-refractivity contribution in [1.82, 2.24) is 5.16 Å². The van der Waals surface area contributed by atoms with E-state index < -0.39 is 21.2 Å². The van der Waals surface area contributed by atoms with E-state index in [-0.39, 0.29) is 45.5 Å². The predicted molar refractivity (Wildman–Crippen MR) is 46.3 cm³/mol. The van der Waals surface area contributed by atoms with Gasteiger partial charge in [0, 0.05) is 0 Å². The van der Waals surface area contributed by atoms with Crippen LogP contribution < -0.4 is 34.5 Å². The monoisotopic (exact) mass is 249 g/mol. The summed E-state index contributed by atoms with van der Waals surface area (Å²) in [6.07, 6.45) is 0. The maximum Gasteiger partial charge on any atom is 1.00 e. The van der Waals surface area contributed by atoms with Crippen LogP contribution in [-0.2, 0) is 0 Å². The zero-order valence-corrected chi connectivity index (χ0v) is 10.4. The topological polar surface area (TPSA) is 139 Å². The summed E-state index contributed by atoms with van der Waals surface area (Å²) in [7, 11) is 0. The van der Waals surface area contributed by atoms with Crippen molar-refractivity contribution in [3.63, 3.8) is 0 Å². The average Bonchev–Trinajstić information content (AvgIpc) is 2.59. The number of non-ortho nitro benzene ring substituents is 2. The Kier molecular flexibility index (Phi) is 3.60. The van der Waals surface area contributed by atoms with Crippen LogP contribution in [0.4, 0.5) is 11.4 Å². The minimum absolute atomic E-state index is 0. The molecular weight excluding hydrogens is 247 g/mol. The Bertz CT molecular complexity index is 610. The van der Waals surface area contributed by atoms with E-state index in [2.05, 4.69) is 9.79 Å². The van der Waals surface area contributed by atoms with Gasteiger partial charge in [-0.1, -0.05) is 0 Å². The van der Waals surface area contributed by atoms with Crippen LogP contribution in [0.25, 0.3) is 11.0 Å². The first-order valence-electron chi connectivity index (χ1n) is 3.83. The first-order valence-corrected chi connectivity index (χ1v) is 3.83. The summed E-state index contributed by atoms with van der Waals surface area (Å²) in [5.41, 5.74) is -1.92. The van der Waals surface area contributed by atoms with Crippen LogP contribution in [0.1, 0.15) is 0 Å². The minimum Gasteiger partial charge on any atom is -0.359 e. The molecule has 0 spiro atoms. The molecule has 2 rings (SSSR count). The van der Waals surface area contributed by atoms with Gasteiger partial charge in [0.25, 0.3) is 5.69 Å². The van der Waals surface area contributed by atoms with Gasteiger partial charge in [-0.2, -0.15) is 0 Å². The fraction of sp³-hybridized carbons (Fsp3) is 0. The van der Waals surface area contributed by atoms with Gasteiger partial charge in [0.2, 0.25) is 5.52 Å². The number of nitro benzene ring substituents is 2. The molecule has 1 aromatic heterocycles. The average molecular weight is 249 g/mol. The molecule has 0 aliphatic heterocycles. The van der Waals surface area contributed by atoms with E-state index in [1.54, 1.807) is 0 Å². The number of hydrogen-bond donors (Lipinski definition) is 0. The third-order valence-corrected chi connectivity index (χ3v) is 1.86. The summed E-state index contributed by atoms with van der Waals surface area (Å²) < 4.78 is 4.12. The molecule has 1 heterocycles. The molecule has 1 aromatic carbocycles. The molecule has 0 atom stereocenters. The van der Waals surface area contributed by atoms with E-state index in [1.165, 1.54) is 0 Å². The van der Waals surface area contributed by atoms with Gasteiger partial charge in [0.05, 0.1) is 27.1 Å². The van der Waals surface area contributed by atoms with E-state index in [0.29, 0.717) is 6.07 Å². The first-order chi connectivity index (χ1) is 7.50. The Morgan fingerprint density at radius 1 is 1.24 bits per heavy atom. The van der Waals surface area contributed by atoms with E-state index >= 15 is 0 Å². The number of nitro groups is 2. The van der Waals surface area contributed by atoms with Crippen LogP contribution in [0, 0.1) is 25.4 Å². The number of benzene rings is 1. The van der Waals surface area contributed by atoms with Crippen molar-refractivity contribution in [1.29, 1.82) is 0 Å². The molecular formula is C6H2N4NaO6+. The Balaban J connectivity index is 0.00000144. The molecule has 2 aromatic rings. The first kappa shape index (κ1) is 13.3. The van der Waals surface area contributed by atoms with Crippen LogP contribution in [0.15, 0.2) is 16.8 Å². The van der Waals surface area contributed by atoms with Crippen LogP contribution in [0.5, 0.6) is 0 Å². The van der Waals surface area contributed by atoms with E-state index in [1.807, 2.05) is 0 Å². The van der Waals surface area contributed by atoms with Crippen LogP contribution >= 0.6 is 0 Å². The molecule has 0 unspecified atom stereocenters. The molecule has 0 saturated carbocycles. The Morgan fingerprint density at radius 3 is 2.41 bits per heavy atom. The molecule has 0 saturated heterocycles. The maximum absolute atomic E-state index is 11.0. The third-order valence-electron chi connectivity index (χ3n) is 1.86. The molecule has 10 nitrogen and oxygen atoms in total. The molecule has 17 heavy (non-hydrogen) atoms. The molecule has 0 radical (unpaired) electrons. The quantitative estimate of drug-likeness (QED) is 0.244. The van der Waals surface area contributed by atoms with Gasteiger partial charge in [-0.05, 0) is 4.90 Å². The van der Waals surface area contributed by atoms with Crippen LogP contribution in [0.2, 0.25) is 0 Å². The van der Waals surface area contributed by atoms with Crippen molar-refractivity contribution in [3.8, 4) is 0 Å². The SMILES string of the molecule is O=[N+]([O-])c1cc([N+](=O)[O-])c2no[n+]([O-])c2c1.[Na+]. The smallest absolute Gasteiger partial charge is 0.359 e. The van der Waals surface area contributed by atoms with Crippen molar-refractivity contribution in [2.75, 3.05) is 0 Å². The third kappa shape index (κ3) is 2.18. The number of nitrogens with zero attached hydrogens (tertiary/aromatic N) is 4. The molecule has 0 aliphatic carbocycles. The Labute approximate surface area is 114 Å². The second-order valence-electron chi connectivity index (χ2n) is 2.78. The van der Waals surface area contributed by atoms with Gasteiger partial charge < -0.3 is 5.21 Å². The Morgan fingerprint density at radius 2 is 1.88 bits per heavy atom. The minimum atomic E-state index is -0.877. The maximum atomic E-state index is 11.0. The molecule has 0 N–H and O–H groups in total. The molecule has 0 amide bonds. The second kappa shape index (κ2) is 4.61. The second-order valence-corrected chi connectivity index (χ2v) is 2.78. The number of rotatable bonds is 2. The summed E-state index contributed by atoms with van der Waals surface area (Å²) in [6, 6.07) is 1.57. The van der Waals surface area contributed by atoms with Crippen molar-refractivity contribution < 1.29 is 48.9 Å². The standard InChI is InChI=1S/C6H2N4O6.Na/c11-8(12)3-1-4(9(13)14)6-5(2-3)10(15)16-7-6;/h1-2H;/q;+1. The molecule has 0 fully saturated rings. The van der Waals surface area contributed by atoms with Crippen molar-refractivity contribution in [2.45, 2.75) is 0 Å². The fourth-order valence-corrected chi connectivity index (χ4v) is 1.19. The predicted octanol–water partition coefficient (Wildman–Crippen LogP) is -2.72. The van der Waals surface area contributed by atoms with Gasteiger partial charge >= 0.3 is 40.8 Å². The molecule has 11 heteroatoms. The molecule has 0 bridgehead atoms. The van der Waals surface area contributed by atoms with Crippen molar-refractivity contribution in [3.05, 3.63) is 37.6 Å². The summed E-state index contributed by atoms with van der Waals surface area (Å²) in [5.74, 6) is 0. The van der Waals surface area contributed by atoms with Crippen LogP contribution in [0.3, 0.4) is 0 Å². The van der Waals surface area contributed by atoms with Crippen molar-refractivity contribution >= 4 is 22.4 Å². The summed E-state index contributed by atoms with van der Waals surface area (Å²) >= 11 is 0. The van der Waals surface area contributed by atoms with Gasteiger partial charge in [0.15, 0.2) is 0 Å². The van der Waals surface area contributed by atoms with E-state index in [0.717, 1.165) is 6.07 Å². The zero-order valence-electron chi connectivity index (χ0n) is 8.39. The normalized spacial score (nSPS) is 9.88. The summed E-state index contributed by atoms with van der Waals surface area (Å²) in [4.78, 5) is 19.2. The largest absolute Gasteiger partial charge is 1.00 e. The van der Waals surface area contributed by atoms with Crippen LogP contribution in [-0.4, -0.2) is 15.0 Å². The Hall–Kier alpha value is -1.78. The molecule has 0 aliphatic rings. The van der Waals surface area contributed by atoms with Crippen molar-refractivity contribution in [2.24, 2.45) is 0 Å². The number of aromatic nitrogens is 2. The summed E-state index contributed by atoms with van der Waals surface area (Å²) in [6.45, 7) is 0. The van der Waals surface area contributed by atoms with E-state index in [9.17, 15) is 25.4 Å². The fourth-order valence-electron chi connectivity index (χ4n) is 1.19. The molecule has 82 valence electrons. The zero-order chi connectivity index (χ0) is 11.9. The van der Waals surface area contributed by atoms with Gasteiger partial charge in [-0.15, -0.1) is 0 Å². The number of hydrogen-bond acceptors (Lipinski definition) is 7. The van der Waals surface area contributed by atoms with Gasteiger partial charge in [0.1, 0.15) is 0 Å². The summed E-state index contributed by atoms with van der Waals surface area (Å²) in [5, 5.41) is 35.2.